The van der Waals surface area contributed by atoms with Crippen molar-refractivity contribution in [3.05, 3.63) is 47.3 Å². The van der Waals surface area contributed by atoms with Gasteiger partial charge in [-0.05, 0) is 38.0 Å². The molecule has 0 spiro atoms. The van der Waals surface area contributed by atoms with Crippen LogP contribution in [0.4, 0.5) is 4.39 Å². The molecule has 6 nitrogen and oxygen atoms in total. The van der Waals surface area contributed by atoms with Crippen LogP contribution in [0, 0.1) is 25.6 Å². The molecule has 0 saturated heterocycles. The quantitative estimate of drug-likeness (QED) is 0.533. The monoisotopic (exact) mass is 360 g/mol. The second kappa shape index (κ2) is 7.37. The highest BCUT2D eigenvalue weighted by Crippen LogP contribution is 2.53. The lowest BCUT2D eigenvalue weighted by Gasteiger charge is -2.19. The summed E-state index contributed by atoms with van der Waals surface area (Å²) in [6.45, 7) is 3.86. The predicted molar refractivity (Wildman–Crippen MR) is 91.8 cm³/mol. The minimum absolute atomic E-state index is 0.0335. The zero-order valence-corrected chi connectivity index (χ0v) is 15.0. The number of hydrogen-bond acceptors (Lipinski definition) is 6. The number of halogens is 1. The Balaban J connectivity index is 1.80. The molecule has 2 aromatic rings. The highest BCUT2D eigenvalue weighted by Gasteiger charge is 2.56. The van der Waals surface area contributed by atoms with Crippen LogP contribution >= 0.6 is 0 Å². The van der Waals surface area contributed by atoms with Gasteiger partial charge in [-0.3, -0.25) is 0 Å². The van der Waals surface area contributed by atoms with Crippen LogP contribution in [0.2, 0.25) is 0 Å². The first-order valence-electron chi connectivity index (χ1n) is 8.30. The molecule has 1 fully saturated rings. The molecule has 0 bridgehead atoms. The molecule has 1 aromatic carbocycles. The number of ether oxygens (including phenoxy) is 3. The smallest absolute Gasteiger partial charge is 0.188 e. The van der Waals surface area contributed by atoms with Crippen molar-refractivity contribution in [3.8, 4) is 11.5 Å². The predicted octanol–water partition coefficient (Wildman–Crippen LogP) is 2.75. The molecule has 26 heavy (non-hydrogen) atoms. The number of aromatic nitrogens is 2. The molecule has 1 aliphatic rings. The van der Waals surface area contributed by atoms with E-state index in [0.717, 1.165) is 12.0 Å². The van der Waals surface area contributed by atoms with Gasteiger partial charge in [-0.25, -0.2) is 14.4 Å². The Kier molecular flexibility index (Phi) is 5.18. The van der Waals surface area contributed by atoms with Crippen molar-refractivity contribution in [3.63, 3.8) is 0 Å². The Morgan fingerprint density at radius 1 is 1.31 bits per heavy atom. The second-order valence-electron chi connectivity index (χ2n) is 6.45. The fraction of sp³-hybridized carbons (Fsp3) is 0.421. The van der Waals surface area contributed by atoms with E-state index in [1.807, 2.05) is 6.92 Å². The molecular formula is C19H21FN2O4. The Morgan fingerprint density at radius 2 is 2.12 bits per heavy atom. The fourth-order valence-electron chi connectivity index (χ4n) is 3.06. The summed E-state index contributed by atoms with van der Waals surface area (Å²) in [6.07, 6.45) is 3.13. The third kappa shape index (κ3) is 3.53. The lowest BCUT2D eigenvalue weighted by molar-refractivity contribution is -0.109. The van der Waals surface area contributed by atoms with Gasteiger partial charge in [0.25, 0.3) is 0 Å². The molecule has 1 saturated carbocycles. The molecule has 0 radical (unpaired) electrons. The van der Waals surface area contributed by atoms with Gasteiger partial charge in [-0.15, -0.1) is 0 Å². The third-order valence-electron chi connectivity index (χ3n) is 4.68. The van der Waals surface area contributed by atoms with Crippen LogP contribution < -0.4 is 9.47 Å². The maximum atomic E-state index is 14.3. The number of benzene rings is 1. The van der Waals surface area contributed by atoms with Gasteiger partial charge < -0.3 is 19.0 Å². The number of methoxy groups -OCH3 is 1. The van der Waals surface area contributed by atoms with Crippen molar-refractivity contribution in [1.82, 2.24) is 9.97 Å². The molecule has 1 aromatic heterocycles. The van der Waals surface area contributed by atoms with Gasteiger partial charge in [0.05, 0.1) is 18.5 Å². The summed E-state index contributed by atoms with van der Waals surface area (Å²) in [4.78, 5) is 19.8. The molecule has 0 aliphatic heterocycles. The normalized spacial score (nSPS) is 21.3. The standard InChI is InChI=1S/C19H21FN2O4/c1-12-18(8-21-13(2)22-12)25-10-19(7-15(19)9-23)14-4-5-17(16(20)6-14)26-11-24-3/h4-6,8-9,15H,7,10-11H2,1-3H3/t15-,19+/m0/s1. The summed E-state index contributed by atoms with van der Waals surface area (Å²) in [5.41, 5.74) is 0.896. The van der Waals surface area contributed by atoms with Crippen molar-refractivity contribution < 1.29 is 23.4 Å². The average molecular weight is 360 g/mol. The number of aryl methyl sites for hydroxylation is 2. The van der Waals surface area contributed by atoms with Crippen LogP contribution in [-0.4, -0.2) is 36.8 Å². The van der Waals surface area contributed by atoms with E-state index in [-0.39, 0.29) is 25.1 Å². The van der Waals surface area contributed by atoms with Gasteiger partial charge in [0, 0.05) is 18.4 Å². The number of aldehydes is 1. The van der Waals surface area contributed by atoms with Gasteiger partial charge in [0.15, 0.2) is 24.1 Å². The van der Waals surface area contributed by atoms with E-state index in [1.54, 1.807) is 25.3 Å². The fourth-order valence-corrected chi connectivity index (χ4v) is 3.06. The first-order valence-corrected chi connectivity index (χ1v) is 8.30. The molecule has 2 atom stereocenters. The third-order valence-corrected chi connectivity index (χ3v) is 4.68. The highest BCUT2D eigenvalue weighted by molar-refractivity contribution is 5.65. The maximum Gasteiger partial charge on any atom is 0.188 e. The van der Waals surface area contributed by atoms with Gasteiger partial charge in [-0.1, -0.05) is 6.07 Å². The number of carbonyl (C=O) groups is 1. The van der Waals surface area contributed by atoms with Gasteiger partial charge in [0.1, 0.15) is 12.1 Å². The van der Waals surface area contributed by atoms with Crippen molar-refractivity contribution in [2.45, 2.75) is 25.7 Å². The summed E-state index contributed by atoms with van der Waals surface area (Å²) >= 11 is 0. The molecule has 138 valence electrons. The number of nitrogens with zero attached hydrogens (tertiary/aromatic N) is 2. The summed E-state index contributed by atoms with van der Waals surface area (Å²) in [5.74, 6) is 0.630. The Bertz CT molecular complexity index is 814. The Labute approximate surface area is 151 Å². The van der Waals surface area contributed by atoms with Crippen LogP contribution in [0.1, 0.15) is 23.5 Å². The largest absolute Gasteiger partial charge is 0.489 e. The number of rotatable bonds is 8. The minimum Gasteiger partial charge on any atom is -0.489 e. The summed E-state index contributed by atoms with van der Waals surface area (Å²) in [6, 6.07) is 4.71. The van der Waals surface area contributed by atoms with Crippen molar-refractivity contribution in [2.75, 3.05) is 20.5 Å². The summed E-state index contributed by atoms with van der Waals surface area (Å²) in [5, 5.41) is 0. The zero-order valence-electron chi connectivity index (χ0n) is 15.0. The first kappa shape index (κ1) is 18.3. The lowest BCUT2D eigenvalue weighted by atomic mass is 9.94. The van der Waals surface area contributed by atoms with Crippen LogP contribution in [0.15, 0.2) is 24.4 Å². The lowest BCUT2D eigenvalue weighted by Crippen LogP contribution is -2.22. The summed E-state index contributed by atoms with van der Waals surface area (Å²) < 4.78 is 30.1. The van der Waals surface area contributed by atoms with E-state index >= 15 is 0 Å². The van der Waals surface area contributed by atoms with Crippen molar-refractivity contribution in [2.24, 2.45) is 5.92 Å². The minimum atomic E-state index is -0.542. The van der Waals surface area contributed by atoms with Crippen LogP contribution in [0.5, 0.6) is 11.5 Å². The van der Waals surface area contributed by atoms with Gasteiger partial charge in [-0.2, -0.15) is 0 Å². The van der Waals surface area contributed by atoms with Gasteiger partial charge in [0.2, 0.25) is 0 Å². The van der Waals surface area contributed by atoms with E-state index in [4.69, 9.17) is 14.2 Å². The molecule has 0 N–H and O–H groups in total. The van der Waals surface area contributed by atoms with E-state index in [0.29, 0.717) is 23.6 Å². The number of hydrogen-bond donors (Lipinski definition) is 0. The molecule has 0 amide bonds. The van der Waals surface area contributed by atoms with Crippen LogP contribution in [0.3, 0.4) is 0 Å². The second-order valence-corrected chi connectivity index (χ2v) is 6.45. The molecule has 1 aliphatic carbocycles. The first-order chi connectivity index (χ1) is 12.5. The van der Waals surface area contributed by atoms with E-state index in [9.17, 15) is 9.18 Å². The summed E-state index contributed by atoms with van der Waals surface area (Å²) in [7, 11) is 1.47. The highest BCUT2D eigenvalue weighted by atomic mass is 19.1. The molecule has 1 heterocycles. The van der Waals surface area contributed by atoms with Crippen molar-refractivity contribution >= 4 is 6.29 Å². The Hall–Kier alpha value is -2.54. The van der Waals surface area contributed by atoms with E-state index in [2.05, 4.69) is 9.97 Å². The van der Waals surface area contributed by atoms with Crippen molar-refractivity contribution in [1.29, 1.82) is 0 Å². The zero-order chi connectivity index (χ0) is 18.7. The van der Waals surface area contributed by atoms with Gasteiger partial charge >= 0.3 is 0 Å². The van der Waals surface area contributed by atoms with Crippen LogP contribution in [0.25, 0.3) is 0 Å². The Morgan fingerprint density at radius 3 is 2.73 bits per heavy atom. The topological polar surface area (TPSA) is 70.5 Å². The number of carbonyl (C=O) groups excluding carboxylic acids is 1. The molecule has 0 unspecified atom stereocenters. The van der Waals surface area contributed by atoms with E-state index in [1.165, 1.54) is 13.2 Å². The molecule has 7 heteroatoms. The SMILES string of the molecule is COCOc1ccc([C@]2(COc3cnc(C)nc3C)C[C@H]2C=O)cc1F. The average Bonchev–Trinajstić information content (AvgIpc) is 3.35. The maximum absolute atomic E-state index is 14.3. The molecular weight excluding hydrogens is 339 g/mol. The molecule has 3 rings (SSSR count). The van der Waals surface area contributed by atoms with E-state index < -0.39 is 11.2 Å². The van der Waals surface area contributed by atoms with Crippen LogP contribution in [-0.2, 0) is 14.9 Å².